The Labute approximate surface area is 209 Å². The number of hydrogen-bond donors (Lipinski definition) is 1. The van der Waals surface area contributed by atoms with Gasteiger partial charge >= 0.3 is 0 Å². The normalized spacial score (nSPS) is 11.0. The van der Waals surface area contributed by atoms with Crippen LogP contribution in [0.15, 0.2) is 102 Å². The highest BCUT2D eigenvalue weighted by atomic mass is 35.5. The summed E-state index contributed by atoms with van der Waals surface area (Å²) in [4.78, 5) is 20.4. The Hall–Kier alpha value is -3.88. The molecule has 0 aliphatic carbocycles. The van der Waals surface area contributed by atoms with Crippen LogP contribution in [0.4, 0.5) is 11.4 Å². The van der Waals surface area contributed by atoms with Crippen molar-refractivity contribution in [3.63, 3.8) is 0 Å². The van der Waals surface area contributed by atoms with E-state index in [1.807, 2.05) is 42.5 Å². The van der Waals surface area contributed by atoms with Crippen molar-refractivity contribution >= 4 is 38.9 Å². The molecular weight excluding hydrogens is 486 g/mol. The number of para-hydroxylation sites is 1. The first-order valence-electron chi connectivity index (χ1n) is 10.7. The maximum absolute atomic E-state index is 14.1. The smallest absolute Gasteiger partial charge is 0.268 e. The number of pyridine rings is 1. The molecule has 4 aromatic rings. The zero-order chi connectivity index (χ0) is 24.8. The number of amides is 1. The predicted octanol–water partition coefficient (Wildman–Crippen LogP) is 5.28. The molecule has 1 heterocycles. The third-order valence-electron chi connectivity index (χ3n) is 5.04. The zero-order valence-corrected chi connectivity index (χ0v) is 20.3. The largest absolute Gasteiger partial charge is 0.379 e. The fraction of sp³-hybridized carbons (Fsp3) is 0.0769. The van der Waals surface area contributed by atoms with E-state index in [2.05, 4.69) is 10.5 Å². The number of nitrogens with zero attached hydrogens (tertiary/aromatic N) is 2. The molecule has 0 aliphatic rings. The number of halogens is 1. The van der Waals surface area contributed by atoms with Gasteiger partial charge < -0.3 is 4.84 Å². The molecule has 1 amide bonds. The van der Waals surface area contributed by atoms with Gasteiger partial charge in [0.2, 0.25) is 5.91 Å². The summed E-state index contributed by atoms with van der Waals surface area (Å²) in [6.45, 7) is 1.27. The van der Waals surface area contributed by atoms with E-state index in [1.165, 1.54) is 41.8 Å². The number of aromatic nitrogens is 1. The summed E-state index contributed by atoms with van der Waals surface area (Å²) < 4.78 is 29.4. The Morgan fingerprint density at radius 3 is 2.37 bits per heavy atom. The molecule has 0 bridgehead atoms. The molecule has 1 N–H and O–H groups in total. The van der Waals surface area contributed by atoms with Crippen LogP contribution in [-0.2, 0) is 21.2 Å². The Morgan fingerprint density at radius 2 is 1.66 bits per heavy atom. The maximum atomic E-state index is 14.1. The van der Waals surface area contributed by atoms with Crippen molar-refractivity contribution in [3.8, 4) is 5.75 Å². The molecular formula is C26H22ClN3O4S. The van der Waals surface area contributed by atoms with Crippen molar-refractivity contribution in [3.05, 3.63) is 113 Å². The van der Waals surface area contributed by atoms with Gasteiger partial charge in [-0.25, -0.2) is 12.7 Å². The van der Waals surface area contributed by atoms with E-state index in [0.29, 0.717) is 17.8 Å². The van der Waals surface area contributed by atoms with Crippen LogP contribution in [0.5, 0.6) is 5.75 Å². The Bertz CT molecular complexity index is 1430. The van der Waals surface area contributed by atoms with Crippen molar-refractivity contribution in [2.75, 3.05) is 4.31 Å². The highest BCUT2D eigenvalue weighted by Crippen LogP contribution is 2.37. The summed E-state index contributed by atoms with van der Waals surface area (Å²) >= 11 is 6.22. The van der Waals surface area contributed by atoms with Gasteiger partial charge in [0.05, 0.1) is 16.3 Å². The number of anilines is 2. The van der Waals surface area contributed by atoms with Gasteiger partial charge in [-0.15, -0.1) is 0 Å². The molecule has 0 aliphatic heterocycles. The van der Waals surface area contributed by atoms with Gasteiger partial charge in [0, 0.05) is 36.5 Å². The quantitative estimate of drug-likeness (QED) is 0.328. The van der Waals surface area contributed by atoms with E-state index in [1.54, 1.807) is 24.3 Å². The van der Waals surface area contributed by atoms with Crippen LogP contribution in [0.25, 0.3) is 0 Å². The second kappa shape index (κ2) is 10.6. The second-order valence-electron chi connectivity index (χ2n) is 7.65. The molecule has 0 saturated carbocycles. The molecule has 178 valence electrons. The Kier molecular flexibility index (Phi) is 7.33. The molecule has 0 spiro atoms. The lowest BCUT2D eigenvalue weighted by molar-refractivity contribution is -0.125. The summed E-state index contributed by atoms with van der Waals surface area (Å²) in [5.74, 6) is -0.360. The van der Waals surface area contributed by atoms with Crippen molar-refractivity contribution < 1.29 is 18.0 Å². The average Bonchev–Trinajstić information content (AvgIpc) is 2.85. The average molecular weight is 508 g/mol. The SMILES string of the molecule is CC(=O)NOc1cc(Cl)cc(S(=O)(=O)N(c2ccncc2)c2ccccc2Cc2ccccc2)c1. The van der Waals surface area contributed by atoms with Crippen molar-refractivity contribution in [1.29, 1.82) is 0 Å². The molecule has 7 nitrogen and oxygen atoms in total. The van der Waals surface area contributed by atoms with Crippen molar-refractivity contribution in [2.24, 2.45) is 0 Å². The van der Waals surface area contributed by atoms with Crippen molar-refractivity contribution in [2.45, 2.75) is 18.2 Å². The van der Waals surface area contributed by atoms with Crippen LogP contribution in [-0.4, -0.2) is 19.3 Å². The minimum absolute atomic E-state index is 0.0820. The first kappa shape index (κ1) is 24.3. The molecule has 4 rings (SSSR count). The number of carbonyl (C=O) groups excluding carboxylic acids is 1. The molecule has 0 atom stereocenters. The number of nitrogens with one attached hydrogen (secondary N) is 1. The topological polar surface area (TPSA) is 88.6 Å². The number of hydrogen-bond acceptors (Lipinski definition) is 5. The number of sulfonamides is 1. The highest BCUT2D eigenvalue weighted by molar-refractivity contribution is 7.93. The second-order valence-corrected chi connectivity index (χ2v) is 9.87. The minimum Gasteiger partial charge on any atom is -0.379 e. The van der Waals surface area contributed by atoms with Crippen LogP contribution >= 0.6 is 11.6 Å². The summed E-state index contributed by atoms with van der Waals surface area (Å²) in [6.07, 6.45) is 3.59. The fourth-order valence-corrected chi connectivity index (χ4v) is 5.42. The van der Waals surface area contributed by atoms with E-state index < -0.39 is 15.9 Å². The van der Waals surface area contributed by atoms with Crippen LogP contribution in [0.2, 0.25) is 5.02 Å². The molecule has 9 heteroatoms. The van der Waals surface area contributed by atoms with Crippen LogP contribution in [0, 0.1) is 0 Å². The third-order valence-corrected chi connectivity index (χ3v) is 6.98. The van der Waals surface area contributed by atoms with Crippen LogP contribution in [0.3, 0.4) is 0 Å². The van der Waals surface area contributed by atoms with E-state index in [0.717, 1.165) is 11.1 Å². The summed E-state index contributed by atoms with van der Waals surface area (Å²) in [5, 5.41) is 0.138. The summed E-state index contributed by atoms with van der Waals surface area (Å²) in [6, 6.07) is 24.4. The molecule has 3 aromatic carbocycles. The summed E-state index contributed by atoms with van der Waals surface area (Å²) in [7, 11) is -4.18. The maximum Gasteiger partial charge on any atom is 0.268 e. The van der Waals surface area contributed by atoms with Gasteiger partial charge in [-0.2, -0.15) is 5.48 Å². The van der Waals surface area contributed by atoms with Gasteiger partial charge in [-0.3, -0.25) is 9.78 Å². The Balaban J connectivity index is 1.85. The third kappa shape index (κ3) is 5.79. The molecule has 35 heavy (non-hydrogen) atoms. The fourth-order valence-electron chi connectivity index (χ4n) is 3.54. The van der Waals surface area contributed by atoms with Gasteiger partial charge in [-0.1, -0.05) is 60.1 Å². The van der Waals surface area contributed by atoms with Crippen molar-refractivity contribution in [1.82, 2.24) is 10.5 Å². The van der Waals surface area contributed by atoms with Crippen LogP contribution in [0.1, 0.15) is 18.1 Å². The lowest BCUT2D eigenvalue weighted by atomic mass is 10.0. The lowest BCUT2D eigenvalue weighted by Gasteiger charge is -2.27. The number of carbonyl (C=O) groups is 1. The Morgan fingerprint density at radius 1 is 0.971 bits per heavy atom. The number of rotatable bonds is 8. The van der Waals surface area contributed by atoms with Gasteiger partial charge in [-0.05, 0) is 41.8 Å². The lowest BCUT2D eigenvalue weighted by Crippen LogP contribution is -2.28. The van der Waals surface area contributed by atoms with Gasteiger partial charge in [0.25, 0.3) is 10.0 Å². The molecule has 0 radical (unpaired) electrons. The minimum atomic E-state index is -4.18. The van der Waals surface area contributed by atoms with E-state index >= 15 is 0 Å². The van der Waals surface area contributed by atoms with E-state index in [4.69, 9.17) is 16.4 Å². The highest BCUT2D eigenvalue weighted by Gasteiger charge is 2.29. The van der Waals surface area contributed by atoms with Gasteiger partial charge in [0.15, 0.2) is 5.75 Å². The zero-order valence-electron chi connectivity index (χ0n) is 18.8. The van der Waals surface area contributed by atoms with E-state index in [9.17, 15) is 13.2 Å². The van der Waals surface area contributed by atoms with E-state index in [-0.39, 0.29) is 15.7 Å². The van der Waals surface area contributed by atoms with Crippen LogP contribution < -0.4 is 14.6 Å². The van der Waals surface area contributed by atoms with Gasteiger partial charge in [0.1, 0.15) is 0 Å². The first-order valence-corrected chi connectivity index (χ1v) is 12.5. The summed E-state index contributed by atoms with van der Waals surface area (Å²) in [5.41, 5.74) is 4.94. The number of benzene rings is 3. The molecule has 0 unspecified atom stereocenters. The first-order chi connectivity index (χ1) is 16.8. The standard InChI is InChI=1S/C26H22ClN3O4S/c1-19(31)29-34-24-16-22(27)17-25(18-24)35(32,33)30(23-11-13-28-14-12-23)26-10-6-5-9-21(26)15-20-7-3-2-4-8-20/h2-14,16-18H,15H2,1H3,(H,29,31). The molecule has 0 saturated heterocycles. The predicted molar refractivity (Wildman–Crippen MR) is 135 cm³/mol. The number of hydroxylamine groups is 1. The molecule has 0 fully saturated rings. The monoisotopic (exact) mass is 507 g/mol. The molecule has 1 aromatic heterocycles.